The third-order valence-electron chi connectivity index (χ3n) is 4.81. The molecule has 3 nitrogen and oxygen atoms in total. The average molecular weight is 376 g/mol. The lowest BCUT2D eigenvalue weighted by atomic mass is 10.1. The molecule has 3 rings (SSSR count). The van der Waals surface area contributed by atoms with Crippen molar-refractivity contribution in [3.8, 4) is 0 Å². The summed E-state index contributed by atoms with van der Waals surface area (Å²) in [6.07, 6.45) is -0.632. The summed E-state index contributed by atoms with van der Waals surface area (Å²) in [5.41, 5.74) is 1.15. The molecule has 1 N–H and O–H groups in total. The molecule has 0 bridgehead atoms. The van der Waals surface area contributed by atoms with E-state index in [1.807, 2.05) is 0 Å². The standard InChI is InChI=1S/C21H23F3N2O/c22-21(23,24)19-8-2-1-7-18(19)20(27)25-13-5-6-16-9-11-17(12-10-16)26-14-3-4-15-26/h1-2,7-12H,3-6,13-15H2,(H,25,27). The van der Waals surface area contributed by atoms with E-state index in [2.05, 4.69) is 34.5 Å². The molecule has 0 aromatic heterocycles. The number of carbonyl (C=O) groups is 1. The van der Waals surface area contributed by atoms with Crippen LogP contribution in [0.5, 0.6) is 0 Å². The molecule has 1 aliphatic heterocycles. The molecule has 0 spiro atoms. The zero-order chi connectivity index (χ0) is 19.3. The maximum atomic E-state index is 13.0. The number of anilines is 1. The first-order chi connectivity index (χ1) is 12.9. The number of halogens is 3. The van der Waals surface area contributed by atoms with Crippen molar-refractivity contribution in [3.05, 3.63) is 65.2 Å². The highest BCUT2D eigenvalue weighted by molar-refractivity contribution is 5.95. The van der Waals surface area contributed by atoms with E-state index in [4.69, 9.17) is 0 Å². The molecule has 0 radical (unpaired) electrons. The van der Waals surface area contributed by atoms with Crippen molar-refractivity contribution in [2.75, 3.05) is 24.5 Å². The molecule has 2 aromatic rings. The van der Waals surface area contributed by atoms with Gasteiger partial charge >= 0.3 is 6.18 Å². The summed E-state index contributed by atoms with van der Waals surface area (Å²) in [6.45, 7) is 2.54. The molecule has 0 atom stereocenters. The zero-order valence-corrected chi connectivity index (χ0v) is 15.1. The van der Waals surface area contributed by atoms with Crippen LogP contribution in [0.3, 0.4) is 0 Å². The van der Waals surface area contributed by atoms with Gasteiger partial charge in [-0.3, -0.25) is 4.79 Å². The van der Waals surface area contributed by atoms with Crippen LogP contribution in [0.2, 0.25) is 0 Å². The topological polar surface area (TPSA) is 32.3 Å². The molecule has 6 heteroatoms. The summed E-state index contributed by atoms with van der Waals surface area (Å²) >= 11 is 0. The minimum Gasteiger partial charge on any atom is -0.372 e. The van der Waals surface area contributed by atoms with Gasteiger partial charge in [-0.05, 0) is 55.5 Å². The quantitative estimate of drug-likeness (QED) is 0.743. The van der Waals surface area contributed by atoms with Gasteiger partial charge in [0.25, 0.3) is 5.91 Å². The summed E-state index contributed by atoms with van der Waals surface area (Å²) in [5, 5.41) is 2.59. The number of alkyl halides is 3. The minimum absolute atomic E-state index is 0.332. The fourth-order valence-corrected chi connectivity index (χ4v) is 3.37. The lowest BCUT2D eigenvalue weighted by molar-refractivity contribution is -0.137. The van der Waals surface area contributed by atoms with Gasteiger partial charge in [-0.15, -0.1) is 0 Å². The van der Waals surface area contributed by atoms with E-state index in [9.17, 15) is 18.0 Å². The molecule has 1 amide bonds. The van der Waals surface area contributed by atoms with Gasteiger partial charge in [-0.25, -0.2) is 0 Å². The number of hydrogen-bond acceptors (Lipinski definition) is 2. The zero-order valence-electron chi connectivity index (χ0n) is 15.1. The van der Waals surface area contributed by atoms with Gasteiger partial charge in [0.05, 0.1) is 11.1 Å². The van der Waals surface area contributed by atoms with Crippen LogP contribution >= 0.6 is 0 Å². The Labute approximate surface area is 157 Å². The van der Waals surface area contributed by atoms with Gasteiger partial charge in [-0.2, -0.15) is 13.2 Å². The van der Waals surface area contributed by atoms with Gasteiger partial charge in [0.15, 0.2) is 0 Å². The molecular formula is C21H23F3N2O. The van der Waals surface area contributed by atoms with E-state index in [0.717, 1.165) is 31.1 Å². The lowest BCUT2D eigenvalue weighted by Gasteiger charge is -2.17. The van der Waals surface area contributed by atoms with Crippen molar-refractivity contribution >= 4 is 11.6 Å². The molecule has 1 saturated heterocycles. The van der Waals surface area contributed by atoms with Crippen molar-refractivity contribution in [1.82, 2.24) is 5.32 Å². The average Bonchev–Trinajstić information content (AvgIpc) is 3.19. The van der Waals surface area contributed by atoms with Crippen molar-refractivity contribution in [3.63, 3.8) is 0 Å². The molecule has 2 aromatic carbocycles. The van der Waals surface area contributed by atoms with Crippen LogP contribution in [0.4, 0.5) is 18.9 Å². The van der Waals surface area contributed by atoms with Crippen LogP contribution in [0, 0.1) is 0 Å². The second-order valence-electron chi connectivity index (χ2n) is 6.76. The SMILES string of the molecule is O=C(NCCCc1ccc(N2CCCC2)cc1)c1ccccc1C(F)(F)F. The summed E-state index contributed by atoms with van der Waals surface area (Å²) in [7, 11) is 0. The first kappa shape index (κ1) is 19.3. The Hall–Kier alpha value is -2.50. The van der Waals surface area contributed by atoms with Crippen LogP contribution in [-0.2, 0) is 12.6 Å². The highest BCUT2D eigenvalue weighted by Gasteiger charge is 2.34. The Morgan fingerprint density at radius 3 is 2.33 bits per heavy atom. The molecular weight excluding hydrogens is 353 g/mol. The van der Waals surface area contributed by atoms with Gasteiger partial charge in [0, 0.05) is 25.3 Å². The highest BCUT2D eigenvalue weighted by Crippen LogP contribution is 2.31. The smallest absolute Gasteiger partial charge is 0.372 e. The molecule has 0 unspecified atom stereocenters. The normalized spacial score (nSPS) is 14.4. The van der Waals surface area contributed by atoms with Gasteiger partial charge < -0.3 is 10.2 Å². The Morgan fingerprint density at radius 2 is 1.67 bits per heavy atom. The molecule has 0 aliphatic carbocycles. The summed E-state index contributed by atoms with van der Waals surface area (Å²) in [6, 6.07) is 13.2. The number of rotatable bonds is 6. The summed E-state index contributed by atoms with van der Waals surface area (Å²) in [5.74, 6) is -0.688. The molecule has 0 saturated carbocycles. The van der Waals surface area contributed by atoms with E-state index in [0.29, 0.717) is 13.0 Å². The molecule has 144 valence electrons. The molecule has 1 heterocycles. The lowest BCUT2D eigenvalue weighted by Crippen LogP contribution is -2.27. The Morgan fingerprint density at radius 1 is 1.00 bits per heavy atom. The molecule has 27 heavy (non-hydrogen) atoms. The maximum absolute atomic E-state index is 13.0. The predicted octanol–water partition coefficient (Wildman–Crippen LogP) is 4.67. The number of hydrogen-bond donors (Lipinski definition) is 1. The van der Waals surface area contributed by atoms with Crippen LogP contribution in [0.1, 0.15) is 40.7 Å². The highest BCUT2D eigenvalue weighted by atomic mass is 19.4. The monoisotopic (exact) mass is 376 g/mol. The number of aryl methyl sites for hydroxylation is 1. The predicted molar refractivity (Wildman–Crippen MR) is 100.0 cm³/mol. The fraction of sp³-hybridized carbons (Fsp3) is 0.381. The van der Waals surface area contributed by atoms with Crippen molar-refractivity contribution in [2.24, 2.45) is 0 Å². The Bertz CT molecular complexity index is 766. The molecule has 1 aliphatic rings. The van der Waals surface area contributed by atoms with Crippen LogP contribution in [-0.4, -0.2) is 25.5 Å². The number of carbonyl (C=O) groups excluding carboxylic acids is 1. The van der Waals surface area contributed by atoms with Crippen LogP contribution in [0.25, 0.3) is 0 Å². The maximum Gasteiger partial charge on any atom is 0.417 e. The summed E-state index contributed by atoms with van der Waals surface area (Å²) in [4.78, 5) is 14.5. The fourth-order valence-electron chi connectivity index (χ4n) is 3.37. The van der Waals surface area contributed by atoms with Crippen LogP contribution in [0.15, 0.2) is 48.5 Å². The largest absolute Gasteiger partial charge is 0.417 e. The van der Waals surface area contributed by atoms with Crippen molar-refractivity contribution < 1.29 is 18.0 Å². The number of benzene rings is 2. The summed E-state index contributed by atoms with van der Waals surface area (Å²) < 4.78 is 38.9. The van der Waals surface area contributed by atoms with Crippen molar-refractivity contribution in [2.45, 2.75) is 31.9 Å². The third-order valence-corrected chi connectivity index (χ3v) is 4.81. The molecule has 1 fully saturated rings. The van der Waals surface area contributed by atoms with E-state index in [-0.39, 0.29) is 5.56 Å². The van der Waals surface area contributed by atoms with Gasteiger partial charge in [-0.1, -0.05) is 24.3 Å². The van der Waals surface area contributed by atoms with Gasteiger partial charge in [0.2, 0.25) is 0 Å². The minimum atomic E-state index is -4.54. The first-order valence-corrected chi connectivity index (χ1v) is 9.23. The van der Waals surface area contributed by atoms with E-state index in [1.165, 1.54) is 36.7 Å². The van der Waals surface area contributed by atoms with E-state index >= 15 is 0 Å². The number of nitrogens with one attached hydrogen (secondary N) is 1. The van der Waals surface area contributed by atoms with E-state index in [1.54, 1.807) is 0 Å². The second-order valence-corrected chi connectivity index (χ2v) is 6.76. The second kappa shape index (κ2) is 8.46. The first-order valence-electron chi connectivity index (χ1n) is 9.23. The third kappa shape index (κ3) is 5.02. The number of nitrogens with zero attached hydrogens (tertiary/aromatic N) is 1. The van der Waals surface area contributed by atoms with Gasteiger partial charge in [0.1, 0.15) is 0 Å². The van der Waals surface area contributed by atoms with E-state index < -0.39 is 17.6 Å². The van der Waals surface area contributed by atoms with Crippen molar-refractivity contribution in [1.29, 1.82) is 0 Å². The van der Waals surface area contributed by atoms with Crippen LogP contribution < -0.4 is 10.2 Å². The number of amides is 1. The Kier molecular flexibility index (Phi) is 6.04. The Balaban J connectivity index is 1.48.